The second kappa shape index (κ2) is 9.64. The van der Waals surface area contributed by atoms with Crippen LogP contribution in [0.4, 0.5) is 4.39 Å². The summed E-state index contributed by atoms with van der Waals surface area (Å²) in [7, 11) is 0. The quantitative estimate of drug-likeness (QED) is 0.614. The van der Waals surface area contributed by atoms with E-state index in [9.17, 15) is 14.0 Å². The third-order valence-electron chi connectivity index (χ3n) is 4.54. The number of halogens is 1. The molecule has 1 atom stereocenters. The zero-order valence-corrected chi connectivity index (χ0v) is 16.0. The highest BCUT2D eigenvalue weighted by molar-refractivity contribution is 5.87. The van der Waals surface area contributed by atoms with Gasteiger partial charge in [0.1, 0.15) is 11.7 Å². The van der Waals surface area contributed by atoms with Crippen LogP contribution in [0.5, 0.6) is 0 Å². The molecule has 3 aromatic rings. The average Bonchev–Trinajstić information content (AvgIpc) is 2.75. The summed E-state index contributed by atoms with van der Waals surface area (Å²) in [6.45, 7) is 1.76. The fourth-order valence-corrected chi connectivity index (χ4v) is 2.99. The van der Waals surface area contributed by atoms with Gasteiger partial charge in [0.15, 0.2) is 6.10 Å². The van der Waals surface area contributed by atoms with Crippen LogP contribution >= 0.6 is 0 Å². The monoisotopic (exact) mass is 391 g/mol. The van der Waals surface area contributed by atoms with E-state index in [0.29, 0.717) is 0 Å². The van der Waals surface area contributed by atoms with Crippen LogP contribution in [0, 0.1) is 5.82 Å². The van der Waals surface area contributed by atoms with E-state index in [4.69, 9.17) is 4.74 Å². The summed E-state index contributed by atoms with van der Waals surface area (Å²) in [5, 5.41) is 2.70. The van der Waals surface area contributed by atoms with Gasteiger partial charge in [-0.25, -0.2) is 4.39 Å². The van der Waals surface area contributed by atoms with E-state index in [1.54, 1.807) is 12.1 Å². The van der Waals surface area contributed by atoms with Crippen LogP contribution in [-0.2, 0) is 20.9 Å². The number of esters is 1. The van der Waals surface area contributed by atoms with Crippen LogP contribution in [-0.4, -0.2) is 18.0 Å². The maximum Gasteiger partial charge on any atom is 0.318 e. The lowest BCUT2D eigenvalue weighted by Crippen LogP contribution is -2.36. The van der Waals surface area contributed by atoms with Gasteiger partial charge >= 0.3 is 5.97 Å². The van der Waals surface area contributed by atoms with Crippen molar-refractivity contribution >= 4 is 11.9 Å². The Morgan fingerprint density at radius 2 is 1.38 bits per heavy atom. The Morgan fingerprint density at radius 1 is 0.862 bits per heavy atom. The second-order valence-corrected chi connectivity index (χ2v) is 6.68. The van der Waals surface area contributed by atoms with E-state index in [0.717, 1.165) is 16.7 Å². The van der Waals surface area contributed by atoms with Crippen molar-refractivity contribution in [3.8, 4) is 0 Å². The third kappa shape index (κ3) is 5.51. The number of rotatable bonds is 7. The normalized spacial score (nSPS) is 11.7. The van der Waals surface area contributed by atoms with Crippen LogP contribution < -0.4 is 5.32 Å². The van der Waals surface area contributed by atoms with Crippen molar-refractivity contribution in [2.75, 3.05) is 0 Å². The standard InChI is InChI=1S/C24H22FNO3/c1-17(23(27)26-16-18-12-14-21(25)15-13-18)29-24(28)22(19-8-4-2-5-9-19)20-10-6-3-7-11-20/h2-15,17,22H,16H2,1H3,(H,26,27). The molecule has 5 heteroatoms. The summed E-state index contributed by atoms with van der Waals surface area (Å²) >= 11 is 0. The van der Waals surface area contributed by atoms with Gasteiger partial charge < -0.3 is 10.1 Å². The van der Waals surface area contributed by atoms with E-state index >= 15 is 0 Å². The molecule has 0 radical (unpaired) electrons. The summed E-state index contributed by atoms with van der Waals surface area (Å²) in [6, 6.07) is 24.5. The Bertz CT molecular complexity index is 903. The number of nitrogens with one attached hydrogen (secondary N) is 1. The number of hydrogen-bond donors (Lipinski definition) is 1. The highest BCUT2D eigenvalue weighted by atomic mass is 19.1. The molecule has 0 spiro atoms. The lowest BCUT2D eigenvalue weighted by molar-refractivity contribution is -0.155. The van der Waals surface area contributed by atoms with E-state index in [1.807, 2.05) is 60.7 Å². The number of ether oxygens (including phenoxy) is 1. The van der Waals surface area contributed by atoms with Crippen molar-refractivity contribution in [1.29, 1.82) is 0 Å². The summed E-state index contributed by atoms with van der Waals surface area (Å²) in [5.74, 6) is -1.87. The van der Waals surface area contributed by atoms with Gasteiger partial charge in [-0.1, -0.05) is 72.8 Å². The van der Waals surface area contributed by atoms with Crippen LogP contribution in [0.25, 0.3) is 0 Å². The third-order valence-corrected chi connectivity index (χ3v) is 4.54. The Kier molecular flexibility index (Phi) is 6.74. The molecular formula is C24H22FNO3. The fourth-order valence-electron chi connectivity index (χ4n) is 2.99. The lowest BCUT2D eigenvalue weighted by Gasteiger charge is -2.20. The lowest BCUT2D eigenvalue weighted by atomic mass is 9.91. The number of carbonyl (C=O) groups excluding carboxylic acids is 2. The van der Waals surface area contributed by atoms with Crippen molar-refractivity contribution in [3.63, 3.8) is 0 Å². The van der Waals surface area contributed by atoms with Crippen molar-refractivity contribution in [1.82, 2.24) is 5.32 Å². The first-order valence-corrected chi connectivity index (χ1v) is 9.37. The minimum absolute atomic E-state index is 0.224. The molecule has 0 bridgehead atoms. The number of benzene rings is 3. The molecule has 3 aromatic carbocycles. The minimum Gasteiger partial charge on any atom is -0.452 e. The first-order chi connectivity index (χ1) is 14.0. The Balaban J connectivity index is 1.67. The number of carbonyl (C=O) groups is 2. The Morgan fingerprint density at radius 3 is 1.90 bits per heavy atom. The zero-order chi connectivity index (χ0) is 20.6. The molecule has 0 aliphatic heterocycles. The number of amides is 1. The van der Waals surface area contributed by atoms with Gasteiger partial charge in [-0.3, -0.25) is 9.59 Å². The van der Waals surface area contributed by atoms with Gasteiger partial charge in [-0.2, -0.15) is 0 Å². The molecule has 1 amide bonds. The fraction of sp³-hybridized carbons (Fsp3) is 0.167. The minimum atomic E-state index is -0.960. The highest BCUT2D eigenvalue weighted by Gasteiger charge is 2.27. The van der Waals surface area contributed by atoms with Gasteiger partial charge in [0.05, 0.1) is 0 Å². The maximum atomic E-state index is 13.0. The van der Waals surface area contributed by atoms with Gasteiger partial charge in [0, 0.05) is 6.54 Å². The Labute approximate surface area is 169 Å². The molecule has 0 saturated carbocycles. The second-order valence-electron chi connectivity index (χ2n) is 6.68. The van der Waals surface area contributed by atoms with Crippen LogP contribution in [0.15, 0.2) is 84.9 Å². The predicted molar refractivity (Wildman–Crippen MR) is 109 cm³/mol. The van der Waals surface area contributed by atoms with E-state index < -0.39 is 23.9 Å². The molecule has 0 saturated heterocycles. The van der Waals surface area contributed by atoms with E-state index in [-0.39, 0.29) is 12.4 Å². The maximum absolute atomic E-state index is 13.0. The first-order valence-electron chi connectivity index (χ1n) is 9.37. The zero-order valence-electron chi connectivity index (χ0n) is 16.0. The number of hydrogen-bond acceptors (Lipinski definition) is 3. The molecule has 0 aromatic heterocycles. The van der Waals surface area contributed by atoms with Crippen LogP contribution in [0.1, 0.15) is 29.5 Å². The summed E-state index contributed by atoms with van der Waals surface area (Å²) < 4.78 is 18.4. The van der Waals surface area contributed by atoms with Gasteiger partial charge in [-0.05, 0) is 35.7 Å². The largest absolute Gasteiger partial charge is 0.452 e. The summed E-state index contributed by atoms with van der Waals surface area (Å²) in [6.07, 6.45) is -0.960. The molecule has 4 nitrogen and oxygen atoms in total. The highest BCUT2D eigenvalue weighted by Crippen LogP contribution is 2.26. The van der Waals surface area contributed by atoms with Gasteiger partial charge in [0.2, 0.25) is 0 Å². The molecule has 1 unspecified atom stereocenters. The molecule has 1 N–H and O–H groups in total. The van der Waals surface area contributed by atoms with Crippen molar-refractivity contribution < 1.29 is 18.7 Å². The predicted octanol–water partition coefficient (Wildman–Crippen LogP) is 4.21. The smallest absolute Gasteiger partial charge is 0.318 e. The molecular weight excluding hydrogens is 369 g/mol. The Hall–Kier alpha value is -3.47. The average molecular weight is 391 g/mol. The van der Waals surface area contributed by atoms with E-state index in [1.165, 1.54) is 19.1 Å². The topological polar surface area (TPSA) is 55.4 Å². The molecule has 29 heavy (non-hydrogen) atoms. The summed E-state index contributed by atoms with van der Waals surface area (Å²) in [4.78, 5) is 25.3. The van der Waals surface area contributed by atoms with Gasteiger partial charge in [-0.15, -0.1) is 0 Å². The molecule has 0 aliphatic rings. The SMILES string of the molecule is CC(OC(=O)C(c1ccccc1)c1ccccc1)C(=O)NCc1ccc(F)cc1. The van der Waals surface area contributed by atoms with Crippen LogP contribution in [0.2, 0.25) is 0 Å². The molecule has 148 valence electrons. The molecule has 0 heterocycles. The first kappa shape index (κ1) is 20.3. The van der Waals surface area contributed by atoms with Crippen molar-refractivity contribution in [2.45, 2.75) is 25.5 Å². The van der Waals surface area contributed by atoms with E-state index in [2.05, 4.69) is 5.32 Å². The van der Waals surface area contributed by atoms with Crippen molar-refractivity contribution in [3.05, 3.63) is 107 Å². The van der Waals surface area contributed by atoms with Crippen molar-refractivity contribution in [2.24, 2.45) is 0 Å². The molecule has 3 rings (SSSR count). The van der Waals surface area contributed by atoms with Gasteiger partial charge in [0.25, 0.3) is 5.91 Å². The molecule has 0 aliphatic carbocycles. The summed E-state index contributed by atoms with van der Waals surface area (Å²) in [5.41, 5.74) is 2.34. The van der Waals surface area contributed by atoms with Crippen LogP contribution in [0.3, 0.4) is 0 Å². The molecule has 0 fully saturated rings.